The van der Waals surface area contributed by atoms with E-state index in [-0.39, 0.29) is 0 Å². The summed E-state index contributed by atoms with van der Waals surface area (Å²) >= 11 is 0. The molecule has 0 amide bonds. The van der Waals surface area contributed by atoms with Gasteiger partial charge < -0.3 is 5.84 Å². The maximum Gasteiger partial charge on any atom is 0.0732 e. The lowest BCUT2D eigenvalue weighted by Crippen LogP contribution is -2.11. The first-order chi connectivity index (χ1) is 11.3. The molecule has 0 bridgehead atoms. The molecule has 4 aromatic rings. The standard InChI is InChI=1S/C21H18N2/c1-15-14-20(17-9-3-2-4-10-17)23(22)21(15)19-13-7-11-16-8-5-6-12-18(16)19/h2-14H,22H2,1H3. The van der Waals surface area contributed by atoms with E-state index in [2.05, 4.69) is 67.6 Å². The summed E-state index contributed by atoms with van der Waals surface area (Å²) in [5.74, 6) is 6.48. The van der Waals surface area contributed by atoms with Gasteiger partial charge in [-0.05, 0) is 29.3 Å². The number of hydrogen-bond acceptors (Lipinski definition) is 1. The Morgan fingerprint density at radius 1 is 0.783 bits per heavy atom. The second-order valence-electron chi connectivity index (χ2n) is 5.82. The Morgan fingerprint density at radius 3 is 2.30 bits per heavy atom. The van der Waals surface area contributed by atoms with E-state index in [1.165, 1.54) is 21.9 Å². The fourth-order valence-electron chi connectivity index (χ4n) is 3.26. The van der Waals surface area contributed by atoms with E-state index in [1.807, 2.05) is 22.9 Å². The van der Waals surface area contributed by atoms with Crippen molar-refractivity contribution in [2.24, 2.45) is 0 Å². The summed E-state index contributed by atoms with van der Waals surface area (Å²) in [6.07, 6.45) is 0. The number of fused-ring (bicyclic) bond motifs is 1. The van der Waals surface area contributed by atoms with E-state index in [0.717, 1.165) is 17.0 Å². The molecule has 1 heterocycles. The van der Waals surface area contributed by atoms with Gasteiger partial charge in [-0.15, -0.1) is 0 Å². The van der Waals surface area contributed by atoms with E-state index in [9.17, 15) is 0 Å². The van der Waals surface area contributed by atoms with Crippen LogP contribution in [0.5, 0.6) is 0 Å². The van der Waals surface area contributed by atoms with Crippen molar-refractivity contribution in [3.05, 3.63) is 84.4 Å². The molecular weight excluding hydrogens is 280 g/mol. The van der Waals surface area contributed by atoms with Crippen LogP contribution in [0, 0.1) is 6.92 Å². The molecule has 0 unspecified atom stereocenters. The van der Waals surface area contributed by atoms with Crippen molar-refractivity contribution in [1.82, 2.24) is 4.68 Å². The minimum absolute atomic E-state index is 1.03. The average molecular weight is 298 g/mol. The Hall–Kier alpha value is -3.00. The fraction of sp³-hybridized carbons (Fsp3) is 0.0476. The van der Waals surface area contributed by atoms with Crippen LogP contribution in [0.3, 0.4) is 0 Å². The van der Waals surface area contributed by atoms with Crippen LogP contribution in [0.4, 0.5) is 0 Å². The maximum absolute atomic E-state index is 6.48. The van der Waals surface area contributed by atoms with Gasteiger partial charge in [0.25, 0.3) is 0 Å². The van der Waals surface area contributed by atoms with E-state index in [4.69, 9.17) is 5.84 Å². The Morgan fingerprint density at radius 2 is 1.48 bits per heavy atom. The molecule has 0 spiro atoms. The monoisotopic (exact) mass is 298 g/mol. The fourth-order valence-corrected chi connectivity index (χ4v) is 3.26. The highest BCUT2D eigenvalue weighted by molar-refractivity contribution is 5.97. The molecule has 0 saturated carbocycles. The molecule has 4 rings (SSSR count). The van der Waals surface area contributed by atoms with Crippen LogP contribution >= 0.6 is 0 Å². The molecule has 3 aromatic carbocycles. The highest BCUT2D eigenvalue weighted by atomic mass is 15.3. The predicted molar refractivity (Wildman–Crippen MR) is 97.7 cm³/mol. The van der Waals surface area contributed by atoms with Crippen LogP contribution in [0.15, 0.2) is 78.9 Å². The first-order valence-corrected chi connectivity index (χ1v) is 7.76. The van der Waals surface area contributed by atoms with Gasteiger partial charge in [-0.3, -0.25) is 4.68 Å². The zero-order valence-electron chi connectivity index (χ0n) is 13.0. The molecule has 2 N–H and O–H groups in total. The molecule has 0 atom stereocenters. The molecule has 0 aliphatic rings. The van der Waals surface area contributed by atoms with Crippen LogP contribution in [-0.4, -0.2) is 4.68 Å². The van der Waals surface area contributed by atoms with E-state index in [1.54, 1.807) is 0 Å². The van der Waals surface area contributed by atoms with Crippen LogP contribution in [0.2, 0.25) is 0 Å². The SMILES string of the molecule is Cc1cc(-c2ccccc2)n(N)c1-c1cccc2ccccc12. The third-order valence-corrected chi connectivity index (χ3v) is 4.34. The number of benzene rings is 3. The Balaban J connectivity index is 1.98. The van der Waals surface area contributed by atoms with Gasteiger partial charge in [-0.1, -0.05) is 72.8 Å². The lowest BCUT2D eigenvalue weighted by Gasteiger charge is -2.11. The summed E-state index contributed by atoms with van der Waals surface area (Å²) < 4.78 is 1.81. The number of aryl methyl sites for hydroxylation is 1. The topological polar surface area (TPSA) is 30.9 Å². The second kappa shape index (κ2) is 5.33. The molecule has 2 heteroatoms. The van der Waals surface area contributed by atoms with Crippen molar-refractivity contribution in [2.45, 2.75) is 6.92 Å². The zero-order chi connectivity index (χ0) is 15.8. The summed E-state index contributed by atoms with van der Waals surface area (Å²) in [7, 11) is 0. The van der Waals surface area contributed by atoms with E-state index < -0.39 is 0 Å². The maximum atomic E-state index is 6.48. The first kappa shape index (κ1) is 13.6. The quantitative estimate of drug-likeness (QED) is 0.519. The van der Waals surface area contributed by atoms with Crippen molar-refractivity contribution < 1.29 is 0 Å². The first-order valence-electron chi connectivity index (χ1n) is 7.76. The molecule has 1 aromatic heterocycles. The number of hydrogen-bond donors (Lipinski definition) is 1. The normalized spacial score (nSPS) is 11.0. The van der Waals surface area contributed by atoms with Gasteiger partial charge in [0.15, 0.2) is 0 Å². The molecule has 0 radical (unpaired) electrons. The number of nitrogens with zero attached hydrogens (tertiary/aromatic N) is 1. The van der Waals surface area contributed by atoms with Crippen molar-refractivity contribution in [3.63, 3.8) is 0 Å². The number of nitrogens with two attached hydrogens (primary N) is 1. The molecule has 0 fully saturated rings. The summed E-state index contributed by atoms with van der Waals surface area (Å²) in [4.78, 5) is 0. The summed E-state index contributed by atoms with van der Waals surface area (Å²) in [5, 5.41) is 2.45. The zero-order valence-corrected chi connectivity index (χ0v) is 13.0. The Bertz CT molecular complexity index is 976. The number of nitrogen functional groups attached to an aromatic ring is 1. The number of aromatic nitrogens is 1. The molecule has 0 aliphatic heterocycles. The van der Waals surface area contributed by atoms with E-state index in [0.29, 0.717) is 0 Å². The lowest BCUT2D eigenvalue weighted by atomic mass is 10.0. The highest BCUT2D eigenvalue weighted by Crippen LogP contribution is 2.34. The molecule has 112 valence electrons. The molecule has 0 saturated heterocycles. The van der Waals surface area contributed by atoms with Crippen molar-refractivity contribution >= 4 is 10.8 Å². The van der Waals surface area contributed by atoms with Gasteiger partial charge in [0.2, 0.25) is 0 Å². The molecule has 0 aliphatic carbocycles. The van der Waals surface area contributed by atoms with Gasteiger partial charge in [-0.2, -0.15) is 0 Å². The van der Waals surface area contributed by atoms with Crippen LogP contribution in [-0.2, 0) is 0 Å². The molecule has 2 nitrogen and oxygen atoms in total. The smallest absolute Gasteiger partial charge is 0.0732 e. The van der Waals surface area contributed by atoms with Crippen molar-refractivity contribution in [2.75, 3.05) is 5.84 Å². The largest absolute Gasteiger partial charge is 0.339 e. The number of rotatable bonds is 2. The van der Waals surface area contributed by atoms with Crippen LogP contribution in [0.1, 0.15) is 5.56 Å². The van der Waals surface area contributed by atoms with Gasteiger partial charge in [0.1, 0.15) is 0 Å². The summed E-state index contributed by atoms with van der Waals surface area (Å²) in [5.41, 5.74) is 5.59. The van der Waals surface area contributed by atoms with Gasteiger partial charge in [-0.25, -0.2) is 0 Å². The Kier molecular flexibility index (Phi) is 3.16. The molecule has 23 heavy (non-hydrogen) atoms. The van der Waals surface area contributed by atoms with Gasteiger partial charge in [0.05, 0.1) is 11.4 Å². The van der Waals surface area contributed by atoms with Crippen LogP contribution in [0.25, 0.3) is 33.3 Å². The highest BCUT2D eigenvalue weighted by Gasteiger charge is 2.15. The van der Waals surface area contributed by atoms with Gasteiger partial charge in [0, 0.05) is 11.1 Å². The van der Waals surface area contributed by atoms with E-state index >= 15 is 0 Å². The third kappa shape index (κ3) is 2.20. The average Bonchev–Trinajstić information content (AvgIpc) is 2.90. The second-order valence-corrected chi connectivity index (χ2v) is 5.82. The van der Waals surface area contributed by atoms with Gasteiger partial charge >= 0.3 is 0 Å². The summed E-state index contributed by atoms with van der Waals surface area (Å²) in [6.45, 7) is 2.12. The lowest BCUT2D eigenvalue weighted by molar-refractivity contribution is 1.03. The molecular formula is C21H18N2. The summed E-state index contributed by atoms with van der Waals surface area (Å²) in [6, 6.07) is 27.2. The third-order valence-electron chi connectivity index (χ3n) is 4.34. The Labute approximate surface area is 135 Å². The minimum Gasteiger partial charge on any atom is -0.339 e. The van der Waals surface area contributed by atoms with Crippen LogP contribution < -0.4 is 5.84 Å². The predicted octanol–water partition coefficient (Wildman–Crippen LogP) is 5.00. The van der Waals surface area contributed by atoms with Crippen molar-refractivity contribution in [1.29, 1.82) is 0 Å². The van der Waals surface area contributed by atoms with Crippen molar-refractivity contribution in [3.8, 4) is 22.5 Å². The minimum atomic E-state index is 1.03.